The van der Waals surface area contributed by atoms with Gasteiger partial charge in [0.05, 0.1) is 18.8 Å². The monoisotopic (exact) mass is 320 g/mol. The molecule has 0 atom stereocenters. The van der Waals surface area contributed by atoms with Gasteiger partial charge >= 0.3 is 0 Å². The average molecular weight is 320 g/mol. The van der Waals surface area contributed by atoms with Crippen LogP contribution in [0.4, 0.5) is 5.13 Å². The van der Waals surface area contributed by atoms with Crippen molar-refractivity contribution in [3.63, 3.8) is 0 Å². The molecule has 3 heterocycles. The maximum Gasteiger partial charge on any atom is 0.259 e. The van der Waals surface area contributed by atoms with E-state index in [1.807, 2.05) is 6.92 Å². The quantitative estimate of drug-likeness (QED) is 0.928. The first-order valence-electron chi connectivity index (χ1n) is 7.02. The minimum atomic E-state index is -0.263. The number of ether oxygens (including phenoxy) is 2. The first kappa shape index (κ1) is 14.9. The van der Waals surface area contributed by atoms with Gasteiger partial charge in [0.2, 0.25) is 11.0 Å². The summed E-state index contributed by atoms with van der Waals surface area (Å²) < 4.78 is 11.1. The Morgan fingerprint density at radius 1 is 1.36 bits per heavy atom. The highest BCUT2D eigenvalue weighted by Crippen LogP contribution is 2.18. The highest BCUT2D eigenvalue weighted by Gasteiger charge is 2.16. The average Bonchev–Trinajstić information content (AvgIpc) is 2.94. The van der Waals surface area contributed by atoms with E-state index in [0.29, 0.717) is 29.8 Å². The fourth-order valence-corrected chi connectivity index (χ4v) is 2.65. The molecule has 1 amide bonds. The largest absolute Gasteiger partial charge is 0.474 e. The molecule has 116 valence electrons. The Labute approximate surface area is 131 Å². The zero-order valence-electron chi connectivity index (χ0n) is 12.1. The standard InChI is InChI=1S/C14H16N4O3S/c1-9-17-18-14(22-9)16-13(19)10-2-3-12(15-8-10)21-11-4-6-20-7-5-11/h2-3,8,11H,4-7H2,1H3,(H,16,18,19). The van der Waals surface area contributed by atoms with Crippen molar-refractivity contribution in [2.24, 2.45) is 0 Å². The SMILES string of the molecule is Cc1nnc(NC(=O)c2ccc(OC3CCOCC3)nc2)s1. The van der Waals surface area contributed by atoms with E-state index in [9.17, 15) is 4.79 Å². The minimum Gasteiger partial charge on any atom is -0.474 e. The van der Waals surface area contributed by atoms with Gasteiger partial charge in [-0.3, -0.25) is 10.1 Å². The Bertz CT molecular complexity index is 638. The molecule has 1 aliphatic heterocycles. The predicted molar refractivity (Wildman–Crippen MR) is 81.3 cm³/mol. The van der Waals surface area contributed by atoms with Gasteiger partial charge in [0.25, 0.3) is 5.91 Å². The summed E-state index contributed by atoms with van der Waals surface area (Å²) in [7, 11) is 0. The summed E-state index contributed by atoms with van der Waals surface area (Å²) >= 11 is 1.33. The van der Waals surface area contributed by atoms with Crippen molar-refractivity contribution in [3.8, 4) is 5.88 Å². The fourth-order valence-electron chi connectivity index (χ4n) is 2.07. The molecule has 22 heavy (non-hydrogen) atoms. The van der Waals surface area contributed by atoms with Gasteiger partial charge in [-0.25, -0.2) is 4.98 Å². The fraction of sp³-hybridized carbons (Fsp3) is 0.429. The number of hydrogen-bond donors (Lipinski definition) is 1. The minimum absolute atomic E-state index is 0.130. The van der Waals surface area contributed by atoms with E-state index in [0.717, 1.165) is 17.8 Å². The van der Waals surface area contributed by atoms with Crippen LogP contribution in [0.25, 0.3) is 0 Å². The Hall–Kier alpha value is -2.06. The number of aryl methyl sites for hydroxylation is 1. The summed E-state index contributed by atoms with van der Waals surface area (Å²) in [4.78, 5) is 16.2. The normalized spacial score (nSPS) is 15.5. The van der Waals surface area contributed by atoms with Crippen LogP contribution in [0.3, 0.4) is 0 Å². The van der Waals surface area contributed by atoms with Crippen molar-refractivity contribution in [1.29, 1.82) is 0 Å². The van der Waals surface area contributed by atoms with Crippen molar-refractivity contribution in [3.05, 3.63) is 28.9 Å². The number of carbonyl (C=O) groups excluding carboxylic acids is 1. The second-order valence-corrected chi connectivity index (χ2v) is 6.08. The first-order valence-corrected chi connectivity index (χ1v) is 7.84. The second-order valence-electron chi connectivity index (χ2n) is 4.90. The molecule has 8 heteroatoms. The van der Waals surface area contributed by atoms with Gasteiger partial charge in [-0.2, -0.15) is 0 Å². The van der Waals surface area contributed by atoms with Gasteiger partial charge in [0.1, 0.15) is 11.1 Å². The summed E-state index contributed by atoms with van der Waals surface area (Å²) in [6.45, 7) is 3.26. The van der Waals surface area contributed by atoms with Gasteiger partial charge in [-0.05, 0) is 13.0 Å². The molecule has 0 unspecified atom stereocenters. The lowest BCUT2D eigenvalue weighted by atomic mass is 10.1. The molecule has 0 radical (unpaired) electrons. The van der Waals surface area contributed by atoms with Crippen LogP contribution in [-0.2, 0) is 4.74 Å². The molecule has 0 bridgehead atoms. The number of nitrogens with zero attached hydrogens (tertiary/aromatic N) is 3. The molecule has 0 spiro atoms. The lowest BCUT2D eigenvalue weighted by Gasteiger charge is -2.22. The van der Waals surface area contributed by atoms with E-state index < -0.39 is 0 Å². The van der Waals surface area contributed by atoms with Crippen LogP contribution in [0, 0.1) is 6.92 Å². The van der Waals surface area contributed by atoms with Crippen molar-refractivity contribution < 1.29 is 14.3 Å². The molecule has 2 aromatic heterocycles. The van der Waals surface area contributed by atoms with Gasteiger partial charge in [-0.1, -0.05) is 11.3 Å². The third-order valence-corrected chi connectivity index (χ3v) is 3.95. The summed E-state index contributed by atoms with van der Waals surface area (Å²) in [6, 6.07) is 3.39. The van der Waals surface area contributed by atoms with E-state index in [2.05, 4.69) is 20.5 Å². The van der Waals surface area contributed by atoms with E-state index in [1.54, 1.807) is 12.1 Å². The van der Waals surface area contributed by atoms with E-state index >= 15 is 0 Å². The van der Waals surface area contributed by atoms with Crippen LogP contribution >= 0.6 is 11.3 Å². The van der Waals surface area contributed by atoms with Crippen molar-refractivity contribution in [2.45, 2.75) is 25.9 Å². The van der Waals surface area contributed by atoms with Crippen LogP contribution in [0.2, 0.25) is 0 Å². The van der Waals surface area contributed by atoms with Gasteiger partial charge in [-0.15, -0.1) is 10.2 Å². The van der Waals surface area contributed by atoms with E-state index in [4.69, 9.17) is 9.47 Å². The summed E-state index contributed by atoms with van der Waals surface area (Å²) in [6.07, 6.45) is 3.35. The molecule has 1 saturated heterocycles. The van der Waals surface area contributed by atoms with Gasteiger partial charge in [0.15, 0.2) is 0 Å². The number of pyridine rings is 1. The topological polar surface area (TPSA) is 86.2 Å². The number of rotatable bonds is 4. The molecule has 1 aliphatic rings. The molecule has 2 aromatic rings. The van der Waals surface area contributed by atoms with Crippen LogP contribution in [0.5, 0.6) is 5.88 Å². The Morgan fingerprint density at radius 2 is 2.18 bits per heavy atom. The molecule has 0 aromatic carbocycles. The maximum absolute atomic E-state index is 12.1. The molecule has 1 N–H and O–H groups in total. The number of anilines is 1. The van der Waals surface area contributed by atoms with Gasteiger partial charge in [0, 0.05) is 25.1 Å². The second kappa shape index (κ2) is 6.80. The molecule has 3 rings (SSSR count). The number of aromatic nitrogens is 3. The van der Waals surface area contributed by atoms with Crippen LogP contribution < -0.4 is 10.1 Å². The summed E-state index contributed by atoms with van der Waals surface area (Å²) in [5, 5.41) is 11.7. The molecule has 0 saturated carbocycles. The number of carbonyl (C=O) groups is 1. The zero-order valence-corrected chi connectivity index (χ0v) is 12.9. The Balaban J connectivity index is 1.59. The van der Waals surface area contributed by atoms with Crippen molar-refractivity contribution in [2.75, 3.05) is 18.5 Å². The zero-order chi connectivity index (χ0) is 15.4. The number of amides is 1. The smallest absolute Gasteiger partial charge is 0.259 e. The highest BCUT2D eigenvalue weighted by molar-refractivity contribution is 7.15. The highest BCUT2D eigenvalue weighted by atomic mass is 32.1. The summed E-state index contributed by atoms with van der Waals surface area (Å²) in [5.74, 6) is 0.261. The van der Waals surface area contributed by atoms with Crippen LogP contribution in [-0.4, -0.2) is 40.4 Å². The first-order chi connectivity index (χ1) is 10.7. The number of nitrogens with one attached hydrogen (secondary N) is 1. The number of hydrogen-bond acceptors (Lipinski definition) is 7. The summed E-state index contributed by atoms with van der Waals surface area (Å²) in [5.41, 5.74) is 0.451. The Morgan fingerprint density at radius 3 is 2.82 bits per heavy atom. The Kier molecular flexibility index (Phi) is 4.59. The molecule has 1 fully saturated rings. The lowest BCUT2D eigenvalue weighted by molar-refractivity contribution is 0.0237. The molecule has 7 nitrogen and oxygen atoms in total. The third-order valence-electron chi connectivity index (χ3n) is 3.20. The van der Waals surface area contributed by atoms with Crippen LogP contribution in [0.15, 0.2) is 18.3 Å². The van der Waals surface area contributed by atoms with E-state index in [-0.39, 0.29) is 12.0 Å². The third kappa shape index (κ3) is 3.77. The predicted octanol–water partition coefficient (Wildman–Crippen LogP) is 2.05. The molecule has 0 aliphatic carbocycles. The van der Waals surface area contributed by atoms with E-state index in [1.165, 1.54) is 17.5 Å². The lowest BCUT2D eigenvalue weighted by Crippen LogP contribution is -2.26. The van der Waals surface area contributed by atoms with Crippen molar-refractivity contribution in [1.82, 2.24) is 15.2 Å². The maximum atomic E-state index is 12.1. The van der Waals surface area contributed by atoms with Crippen molar-refractivity contribution >= 4 is 22.4 Å². The van der Waals surface area contributed by atoms with Crippen LogP contribution in [0.1, 0.15) is 28.2 Å². The van der Waals surface area contributed by atoms with Gasteiger partial charge < -0.3 is 9.47 Å². The molecular weight excluding hydrogens is 304 g/mol. The molecular formula is C14H16N4O3S.